The molecule has 1 heterocycles. The SMILES string of the molecule is Nc1cnccc1C(SCc1ccccc1)c1ccccc1. The van der Waals surface area contributed by atoms with E-state index in [1.165, 1.54) is 11.1 Å². The largest absolute Gasteiger partial charge is 0.397 e. The van der Waals surface area contributed by atoms with Gasteiger partial charge in [0.15, 0.2) is 0 Å². The fourth-order valence-corrected chi connectivity index (χ4v) is 3.70. The van der Waals surface area contributed by atoms with E-state index in [1.807, 2.05) is 36.2 Å². The molecule has 0 radical (unpaired) electrons. The lowest BCUT2D eigenvalue weighted by Gasteiger charge is -2.19. The van der Waals surface area contributed by atoms with E-state index >= 15 is 0 Å². The lowest BCUT2D eigenvalue weighted by atomic mass is 10.0. The summed E-state index contributed by atoms with van der Waals surface area (Å²) in [5.41, 5.74) is 10.6. The maximum Gasteiger partial charge on any atom is 0.0571 e. The Bertz CT molecular complexity index is 714. The van der Waals surface area contributed by atoms with Crippen molar-refractivity contribution < 1.29 is 0 Å². The Kier molecular flexibility index (Phi) is 4.76. The normalized spacial score (nSPS) is 12.0. The van der Waals surface area contributed by atoms with E-state index in [0.717, 1.165) is 17.0 Å². The second-order valence-corrected chi connectivity index (χ2v) is 6.19. The van der Waals surface area contributed by atoms with E-state index in [-0.39, 0.29) is 5.25 Å². The number of pyridine rings is 1. The minimum atomic E-state index is 0.212. The maximum absolute atomic E-state index is 6.15. The smallest absolute Gasteiger partial charge is 0.0571 e. The number of hydrogen-bond acceptors (Lipinski definition) is 3. The van der Waals surface area contributed by atoms with Crippen molar-refractivity contribution in [2.75, 3.05) is 5.73 Å². The number of anilines is 1. The molecule has 0 bridgehead atoms. The molecule has 2 N–H and O–H groups in total. The van der Waals surface area contributed by atoms with Crippen LogP contribution < -0.4 is 5.73 Å². The highest BCUT2D eigenvalue weighted by Crippen LogP contribution is 2.39. The summed E-state index contributed by atoms with van der Waals surface area (Å²) in [6.07, 6.45) is 3.54. The Morgan fingerprint density at radius 1 is 0.909 bits per heavy atom. The molecule has 0 saturated heterocycles. The predicted molar refractivity (Wildman–Crippen MR) is 94.7 cm³/mol. The molecule has 22 heavy (non-hydrogen) atoms. The highest BCUT2D eigenvalue weighted by Gasteiger charge is 2.17. The first-order chi connectivity index (χ1) is 10.8. The van der Waals surface area contributed by atoms with Crippen LogP contribution in [0, 0.1) is 0 Å². The van der Waals surface area contributed by atoms with Crippen molar-refractivity contribution in [1.82, 2.24) is 4.98 Å². The number of nitrogen functional groups attached to an aromatic ring is 1. The number of nitrogens with two attached hydrogens (primary N) is 1. The Morgan fingerprint density at radius 3 is 2.27 bits per heavy atom. The second kappa shape index (κ2) is 7.14. The van der Waals surface area contributed by atoms with Gasteiger partial charge in [-0.1, -0.05) is 60.7 Å². The quantitative estimate of drug-likeness (QED) is 0.743. The van der Waals surface area contributed by atoms with Crippen molar-refractivity contribution >= 4 is 17.4 Å². The number of rotatable bonds is 5. The molecular formula is C19H18N2S. The topological polar surface area (TPSA) is 38.9 Å². The number of aromatic nitrogens is 1. The molecule has 0 spiro atoms. The van der Waals surface area contributed by atoms with Gasteiger partial charge in [-0.3, -0.25) is 4.98 Å². The number of benzene rings is 2. The van der Waals surface area contributed by atoms with Gasteiger partial charge < -0.3 is 5.73 Å². The summed E-state index contributed by atoms with van der Waals surface area (Å²) in [6, 6.07) is 23.0. The fourth-order valence-electron chi connectivity index (χ4n) is 2.40. The average Bonchev–Trinajstić information content (AvgIpc) is 2.58. The highest BCUT2D eigenvalue weighted by molar-refractivity contribution is 7.99. The summed E-state index contributed by atoms with van der Waals surface area (Å²) in [6.45, 7) is 0. The van der Waals surface area contributed by atoms with Crippen LogP contribution in [0.2, 0.25) is 0 Å². The van der Waals surface area contributed by atoms with Crippen molar-refractivity contribution in [2.24, 2.45) is 0 Å². The maximum atomic E-state index is 6.15. The third-order valence-electron chi connectivity index (χ3n) is 3.53. The molecule has 3 rings (SSSR count). The van der Waals surface area contributed by atoms with Crippen LogP contribution in [0.4, 0.5) is 5.69 Å². The van der Waals surface area contributed by atoms with Crippen molar-refractivity contribution in [1.29, 1.82) is 0 Å². The van der Waals surface area contributed by atoms with E-state index in [4.69, 9.17) is 5.73 Å². The van der Waals surface area contributed by atoms with E-state index in [9.17, 15) is 0 Å². The van der Waals surface area contributed by atoms with Crippen LogP contribution in [0.5, 0.6) is 0 Å². The van der Waals surface area contributed by atoms with E-state index in [2.05, 4.69) is 53.5 Å². The molecule has 0 aliphatic carbocycles. The third kappa shape index (κ3) is 3.49. The molecule has 3 aromatic rings. The molecule has 0 aliphatic rings. The summed E-state index contributed by atoms with van der Waals surface area (Å²) in [4.78, 5) is 4.11. The zero-order valence-electron chi connectivity index (χ0n) is 12.2. The molecule has 2 aromatic carbocycles. The molecule has 1 unspecified atom stereocenters. The summed E-state index contributed by atoms with van der Waals surface area (Å²) >= 11 is 1.89. The Labute approximate surface area is 135 Å². The second-order valence-electron chi connectivity index (χ2n) is 5.09. The Hall–Kier alpha value is -2.26. The Morgan fingerprint density at radius 2 is 1.59 bits per heavy atom. The summed E-state index contributed by atoms with van der Waals surface area (Å²) in [7, 11) is 0. The van der Waals surface area contributed by atoms with Crippen molar-refractivity contribution in [3.63, 3.8) is 0 Å². The molecule has 2 nitrogen and oxygen atoms in total. The van der Waals surface area contributed by atoms with Crippen molar-refractivity contribution in [3.8, 4) is 0 Å². The number of nitrogens with zero attached hydrogens (tertiary/aromatic N) is 1. The predicted octanol–water partition coefficient (Wildman–Crippen LogP) is 4.69. The molecule has 3 heteroatoms. The van der Waals surface area contributed by atoms with Crippen LogP contribution in [0.3, 0.4) is 0 Å². The third-order valence-corrected chi connectivity index (χ3v) is 4.89. The zero-order valence-corrected chi connectivity index (χ0v) is 13.0. The van der Waals surface area contributed by atoms with Gasteiger partial charge in [0.1, 0.15) is 0 Å². The molecule has 0 aliphatic heterocycles. The minimum Gasteiger partial charge on any atom is -0.397 e. The molecular weight excluding hydrogens is 288 g/mol. The van der Waals surface area contributed by atoms with Crippen LogP contribution >= 0.6 is 11.8 Å². The van der Waals surface area contributed by atoms with Gasteiger partial charge in [0, 0.05) is 11.9 Å². The van der Waals surface area contributed by atoms with Gasteiger partial charge in [0.2, 0.25) is 0 Å². The van der Waals surface area contributed by atoms with Gasteiger partial charge >= 0.3 is 0 Å². The van der Waals surface area contributed by atoms with Gasteiger partial charge in [0.25, 0.3) is 0 Å². The van der Waals surface area contributed by atoms with Gasteiger partial charge in [0.05, 0.1) is 17.1 Å². The lowest BCUT2D eigenvalue weighted by Crippen LogP contribution is -2.02. The standard InChI is InChI=1S/C19H18N2S/c20-18-13-21-12-11-17(18)19(16-9-5-2-6-10-16)22-14-15-7-3-1-4-8-15/h1-13,19H,14,20H2. The molecule has 110 valence electrons. The zero-order chi connectivity index (χ0) is 15.2. The van der Waals surface area contributed by atoms with Crippen LogP contribution in [-0.2, 0) is 5.75 Å². The molecule has 0 amide bonds. The van der Waals surface area contributed by atoms with Crippen LogP contribution in [0.25, 0.3) is 0 Å². The fraction of sp³-hybridized carbons (Fsp3) is 0.105. The average molecular weight is 306 g/mol. The van der Waals surface area contributed by atoms with E-state index in [1.54, 1.807) is 6.20 Å². The minimum absolute atomic E-state index is 0.212. The molecule has 0 saturated carbocycles. The summed E-state index contributed by atoms with van der Waals surface area (Å²) in [5, 5.41) is 0.212. The molecule has 1 atom stereocenters. The molecule has 1 aromatic heterocycles. The van der Waals surface area contributed by atoms with E-state index < -0.39 is 0 Å². The first-order valence-electron chi connectivity index (χ1n) is 7.24. The van der Waals surface area contributed by atoms with Gasteiger partial charge in [-0.2, -0.15) is 0 Å². The van der Waals surface area contributed by atoms with Gasteiger partial charge in [-0.15, -0.1) is 11.8 Å². The van der Waals surface area contributed by atoms with Crippen LogP contribution in [0.1, 0.15) is 21.9 Å². The van der Waals surface area contributed by atoms with E-state index in [0.29, 0.717) is 0 Å². The summed E-state index contributed by atoms with van der Waals surface area (Å²) in [5.74, 6) is 0.947. The van der Waals surface area contributed by atoms with Crippen LogP contribution in [-0.4, -0.2) is 4.98 Å². The van der Waals surface area contributed by atoms with Gasteiger partial charge in [-0.25, -0.2) is 0 Å². The van der Waals surface area contributed by atoms with Crippen molar-refractivity contribution in [3.05, 3.63) is 95.8 Å². The number of thioether (sulfide) groups is 1. The Balaban J connectivity index is 1.89. The highest BCUT2D eigenvalue weighted by atomic mass is 32.2. The first kappa shape index (κ1) is 14.7. The summed E-state index contributed by atoms with van der Waals surface area (Å²) < 4.78 is 0. The molecule has 0 fully saturated rings. The monoisotopic (exact) mass is 306 g/mol. The first-order valence-corrected chi connectivity index (χ1v) is 8.29. The van der Waals surface area contributed by atoms with Gasteiger partial charge in [-0.05, 0) is 22.8 Å². The van der Waals surface area contributed by atoms with Crippen LogP contribution in [0.15, 0.2) is 79.1 Å². The van der Waals surface area contributed by atoms with Crippen molar-refractivity contribution in [2.45, 2.75) is 11.0 Å². The lowest BCUT2D eigenvalue weighted by molar-refractivity contribution is 1.13. The number of hydrogen-bond donors (Lipinski definition) is 1.